The summed E-state index contributed by atoms with van der Waals surface area (Å²) in [6, 6.07) is 10.1. The molecule has 3 heteroatoms. The number of H-pyrrole nitrogens is 1. The average molecular weight is 201 g/mol. The van der Waals surface area contributed by atoms with Gasteiger partial charge < -0.3 is 14.5 Å². The van der Waals surface area contributed by atoms with E-state index in [9.17, 15) is 0 Å². The summed E-state index contributed by atoms with van der Waals surface area (Å²) in [5.41, 5.74) is 2.11. The molecule has 0 fully saturated rings. The lowest BCUT2D eigenvalue weighted by Crippen LogP contribution is -2.14. The Morgan fingerprint density at radius 2 is 1.80 bits per heavy atom. The maximum absolute atomic E-state index is 5.59. The minimum absolute atomic E-state index is 0.616. The number of fused-ring (bicyclic) bond motifs is 1. The van der Waals surface area contributed by atoms with Gasteiger partial charge in [0.2, 0.25) is 0 Å². The molecule has 1 aliphatic rings. The fourth-order valence-electron chi connectivity index (χ4n) is 1.76. The number of aromatic nitrogens is 1. The quantitative estimate of drug-likeness (QED) is 0.769. The van der Waals surface area contributed by atoms with Crippen LogP contribution in [0.15, 0.2) is 36.5 Å². The first-order valence-corrected chi connectivity index (χ1v) is 4.97. The Morgan fingerprint density at radius 1 is 1.00 bits per heavy atom. The van der Waals surface area contributed by atoms with Crippen LogP contribution in [0.1, 0.15) is 0 Å². The van der Waals surface area contributed by atoms with E-state index < -0.39 is 0 Å². The second-order valence-corrected chi connectivity index (χ2v) is 3.42. The summed E-state index contributed by atoms with van der Waals surface area (Å²) < 4.78 is 11.1. The summed E-state index contributed by atoms with van der Waals surface area (Å²) in [4.78, 5) is 3.18. The Hall–Kier alpha value is -1.90. The van der Waals surface area contributed by atoms with Gasteiger partial charge in [-0.3, -0.25) is 0 Å². The van der Waals surface area contributed by atoms with Crippen molar-refractivity contribution in [2.45, 2.75) is 0 Å². The Balaban J connectivity index is 2.09. The van der Waals surface area contributed by atoms with E-state index in [2.05, 4.69) is 4.98 Å². The second kappa shape index (κ2) is 3.35. The Bertz CT molecular complexity index is 462. The number of hydrogen-bond donors (Lipinski definition) is 1. The SMILES string of the molecule is c1ccc(-c2[nH]cc3c2OCCO3)cc1. The van der Waals surface area contributed by atoms with Gasteiger partial charge in [-0.25, -0.2) is 0 Å². The van der Waals surface area contributed by atoms with Gasteiger partial charge in [0.25, 0.3) is 0 Å². The topological polar surface area (TPSA) is 34.2 Å². The minimum Gasteiger partial charge on any atom is -0.485 e. The predicted molar refractivity (Wildman–Crippen MR) is 57.2 cm³/mol. The van der Waals surface area contributed by atoms with Crippen LogP contribution in [0.4, 0.5) is 0 Å². The normalized spacial score (nSPS) is 13.9. The van der Waals surface area contributed by atoms with E-state index in [1.54, 1.807) is 0 Å². The summed E-state index contributed by atoms with van der Waals surface area (Å²) in [6.45, 7) is 1.24. The molecule has 0 spiro atoms. The van der Waals surface area contributed by atoms with E-state index >= 15 is 0 Å². The van der Waals surface area contributed by atoms with Gasteiger partial charge >= 0.3 is 0 Å². The minimum atomic E-state index is 0.616. The van der Waals surface area contributed by atoms with Crippen LogP contribution in [0.5, 0.6) is 11.5 Å². The largest absolute Gasteiger partial charge is 0.485 e. The molecule has 3 rings (SSSR count). The van der Waals surface area contributed by atoms with Crippen molar-refractivity contribution in [3.8, 4) is 22.8 Å². The summed E-state index contributed by atoms with van der Waals surface area (Å²) in [7, 11) is 0. The predicted octanol–water partition coefficient (Wildman–Crippen LogP) is 2.45. The highest BCUT2D eigenvalue weighted by Gasteiger charge is 2.18. The van der Waals surface area contributed by atoms with Gasteiger partial charge in [0.1, 0.15) is 13.2 Å². The van der Waals surface area contributed by atoms with E-state index in [0.717, 1.165) is 22.8 Å². The molecular formula is C12H11NO2. The smallest absolute Gasteiger partial charge is 0.186 e. The molecule has 0 saturated carbocycles. The van der Waals surface area contributed by atoms with Crippen molar-refractivity contribution < 1.29 is 9.47 Å². The fraction of sp³-hybridized carbons (Fsp3) is 0.167. The number of aromatic amines is 1. The first-order valence-electron chi connectivity index (χ1n) is 4.97. The molecule has 1 aromatic carbocycles. The van der Waals surface area contributed by atoms with Gasteiger partial charge in [-0.05, 0) is 0 Å². The number of rotatable bonds is 1. The Kier molecular flexibility index (Phi) is 1.88. The standard InChI is InChI=1S/C12H11NO2/c1-2-4-9(5-3-1)11-12-10(8-13-11)14-6-7-15-12/h1-5,8,13H,6-7H2. The molecule has 1 aliphatic heterocycles. The molecule has 2 aromatic rings. The number of nitrogens with one attached hydrogen (secondary N) is 1. The lowest BCUT2D eigenvalue weighted by atomic mass is 10.1. The van der Waals surface area contributed by atoms with Crippen LogP contribution in [-0.4, -0.2) is 18.2 Å². The first-order chi connectivity index (χ1) is 7.45. The first kappa shape index (κ1) is 8.41. The zero-order chi connectivity index (χ0) is 10.1. The van der Waals surface area contributed by atoms with Crippen LogP contribution in [-0.2, 0) is 0 Å². The van der Waals surface area contributed by atoms with Gasteiger partial charge in [-0.15, -0.1) is 0 Å². The van der Waals surface area contributed by atoms with Gasteiger partial charge in [0.05, 0.1) is 5.69 Å². The molecule has 76 valence electrons. The molecule has 0 unspecified atom stereocenters. The Labute approximate surface area is 87.6 Å². The third-order valence-electron chi connectivity index (χ3n) is 2.45. The van der Waals surface area contributed by atoms with Crippen LogP contribution in [0, 0.1) is 0 Å². The van der Waals surface area contributed by atoms with Gasteiger partial charge in [0.15, 0.2) is 11.5 Å². The summed E-state index contributed by atoms with van der Waals surface area (Å²) in [5.74, 6) is 1.63. The molecule has 0 aliphatic carbocycles. The highest BCUT2D eigenvalue weighted by atomic mass is 16.6. The third-order valence-corrected chi connectivity index (χ3v) is 2.45. The van der Waals surface area contributed by atoms with Crippen molar-refractivity contribution >= 4 is 0 Å². The summed E-state index contributed by atoms with van der Waals surface area (Å²) >= 11 is 0. The van der Waals surface area contributed by atoms with Crippen molar-refractivity contribution in [1.29, 1.82) is 0 Å². The molecule has 2 heterocycles. The third kappa shape index (κ3) is 1.36. The molecule has 0 saturated heterocycles. The van der Waals surface area contributed by atoms with Crippen LogP contribution < -0.4 is 9.47 Å². The van der Waals surface area contributed by atoms with Crippen molar-refractivity contribution in [1.82, 2.24) is 4.98 Å². The second-order valence-electron chi connectivity index (χ2n) is 3.42. The zero-order valence-corrected chi connectivity index (χ0v) is 8.19. The van der Waals surface area contributed by atoms with Crippen LogP contribution >= 0.6 is 0 Å². The zero-order valence-electron chi connectivity index (χ0n) is 8.19. The highest BCUT2D eigenvalue weighted by Crippen LogP contribution is 2.39. The number of ether oxygens (including phenoxy) is 2. The Morgan fingerprint density at radius 3 is 2.67 bits per heavy atom. The molecule has 0 radical (unpaired) electrons. The maximum Gasteiger partial charge on any atom is 0.186 e. The molecule has 15 heavy (non-hydrogen) atoms. The average Bonchev–Trinajstić information content (AvgIpc) is 2.74. The van der Waals surface area contributed by atoms with Crippen molar-refractivity contribution in [3.05, 3.63) is 36.5 Å². The van der Waals surface area contributed by atoms with E-state index in [4.69, 9.17) is 9.47 Å². The summed E-state index contributed by atoms with van der Waals surface area (Å²) in [5, 5.41) is 0. The maximum atomic E-state index is 5.59. The van der Waals surface area contributed by atoms with E-state index in [-0.39, 0.29) is 0 Å². The molecule has 3 nitrogen and oxygen atoms in total. The summed E-state index contributed by atoms with van der Waals surface area (Å²) in [6.07, 6.45) is 1.84. The molecule has 0 bridgehead atoms. The van der Waals surface area contributed by atoms with Gasteiger partial charge in [-0.1, -0.05) is 30.3 Å². The van der Waals surface area contributed by atoms with E-state index in [1.165, 1.54) is 0 Å². The highest BCUT2D eigenvalue weighted by molar-refractivity contribution is 5.70. The van der Waals surface area contributed by atoms with Crippen LogP contribution in [0.25, 0.3) is 11.3 Å². The molecule has 1 aromatic heterocycles. The van der Waals surface area contributed by atoms with Crippen LogP contribution in [0.2, 0.25) is 0 Å². The molecule has 0 atom stereocenters. The van der Waals surface area contributed by atoms with Crippen molar-refractivity contribution in [2.24, 2.45) is 0 Å². The molecular weight excluding hydrogens is 190 g/mol. The molecule has 0 amide bonds. The monoisotopic (exact) mass is 201 g/mol. The number of benzene rings is 1. The lowest BCUT2D eigenvalue weighted by molar-refractivity contribution is 0.174. The van der Waals surface area contributed by atoms with Gasteiger partial charge in [0, 0.05) is 11.8 Å². The van der Waals surface area contributed by atoms with E-state index in [1.807, 2.05) is 36.5 Å². The van der Waals surface area contributed by atoms with Crippen molar-refractivity contribution in [3.63, 3.8) is 0 Å². The lowest BCUT2D eigenvalue weighted by Gasteiger charge is -2.15. The van der Waals surface area contributed by atoms with E-state index in [0.29, 0.717) is 13.2 Å². The van der Waals surface area contributed by atoms with Gasteiger partial charge in [-0.2, -0.15) is 0 Å². The van der Waals surface area contributed by atoms with Crippen LogP contribution in [0.3, 0.4) is 0 Å². The fourth-order valence-corrected chi connectivity index (χ4v) is 1.76. The number of hydrogen-bond acceptors (Lipinski definition) is 2. The van der Waals surface area contributed by atoms with Crippen molar-refractivity contribution in [2.75, 3.05) is 13.2 Å². The molecule has 1 N–H and O–H groups in total.